The Morgan fingerprint density at radius 2 is 0.852 bits per heavy atom. The van der Waals surface area contributed by atoms with E-state index in [-0.39, 0.29) is 0 Å². The first-order valence-electron chi connectivity index (χ1n) is 20.8. The van der Waals surface area contributed by atoms with E-state index in [1.807, 2.05) is 30.3 Å². The summed E-state index contributed by atoms with van der Waals surface area (Å²) in [6, 6.07) is 55.7. The molecule has 282 valence electrons. The lowest BCUT2D eigenvalue weighted by atomic mass is 9.59. The fourth-order valence-electron chi connectivity index (χ4n) is 8.98. The van der Waals surface area contributed by atoms with E-state index in [2.05, 4.69) is 167 Å². The molecule has 3 heterocycles. The first-order valence-corrected chi connectivity index (χ1v) is 21.6. The third-order valence-electron chi connectivity index (χ3n) is 12.8. The van der Waals surface area contributed by atoms with E-state index >= 15 is 0 Å². The molecule has 0 aliphatic heterocycles. The Hall–Kier alpha value is -6.89. The van der Waals surface area contributed by atoms with Crippen molar-refractivity contribution in [1.82, 2.24) is 15.0 Å². The fourth-order valence-corrected chi connectivity index (χ4v) is 10.2. The summed E-state index contributed by atoms with van der Waals surface area (Å²) in [6.45, 7) is 0. The van der Waals surface area contributed by atoms with Gasteiger partial charge in [0.2, 0.25) is 0 Å². The molecule has 61 heavy (non-hydrogen) atoms. The first-order chi connectivity index (χ1) is 29.8. The third-order valence-corrected chi connectivity index (χ3v) is 14.0. The van der Waals surface area contributed by atoms with Gasteiger partial charge in [-0.3, -0.25) is 0 Å². The molecule has 0 aliphatic carbocycles. The second kappa shape index (κ2) is 14.7. The van der Waals surface area contributed by atoms with E-state index < -0.39 is 0 Å². The lowest BCUT2D eigenvalue weighted by Gasteiger charge is -2.20. The number of fused-ring (bicyclic) bond motifs is 6. The summed E-state index contributed by atoms with van der Waals surface area (Å²) in [5.41, 5.74) is 18.6. The summed E-state index contributed by atoms with van der Waals surface area (Å²) in [4.78, 5) is 15.2. The summed E-state index contributed by atoms with van der Waals surface area (Å²) in [5, 5.41) is 4.58. The van der Waals surface area contributed by atoms with E-state index in [1.54, 1.807) is 11.3 Å². The molecular weight excluding hydrogens is 757 g/mol. The average molecular weight is 793 g/mol. The molecule has 0 bridgehead atoms. The molecular formula is C51H36B5N3OS. The predicted molar refractivity (Wildman–Crippen MR) is 273 cm³/mol. The lowest BCUT2D eigenvalue weighted by Crippen LogP contribution is -2.55. The molecule has 10 heteroatoms. The van der Waals surface area contributed by atoms with Gasteiger partial charge in [0.1, 0.15) is 50.4 Å². The van der Waals surface area contributed by atoms with Crippen molar-refractivity contribution in [2.24, 2.45) is 0 Å². The Morgan fingerprint density at radius 3 is 1.52 bits per heavy atom. The number of nitrogens with zero attached hydrogens (tertiary/aromatic N) is 3. The largest absolute Gasteiger partial charge is 0.456 e. The van der Waals surface area contributed by atoms with Crippen molar-refractivity contribution >= 4 is 120 Å². The monoisotopic (exact) mass is 793 g/mol. The van der Waals surface area contributed by atoms with Gasteiger partial charge >= 0.3 is 0 Å². The molecule has 0 aliphatic rings. The van der Waals surface area contributed by atoms with Gasteiger partial charge in [0.25, 0.3) is 0 Å². The number of hydrogen-bond donors (Lipinski definition) is 0. The molecule has 11 rings (SSSR count). The van der Waals surface area contributed by atoms with Crippen molar-refractivity contribution in [3.05, 3.63) is 158 Å². The summed E-state index contributed by atoms with van der Waals surface area (Å²) in [6.07, 6.45) is 0. The van der Waals surface area contributed by atoms with Gasteiger partial charge in [0, 0.05) is 47.6 Å². The second-order valence-corrected chi connectivity index (χ2v) is 17.2. The van der Waals surface area contributed by atoms with Gasteiger partial charge in [-0.15, -0.1) is 27.7 Å². The van der Waals surface area contributed by atoms with Crippen molar-refractivity contribution in [2.75, 3.05) is 0 Å². The summed E-state index contributed by atoms with van der Waals surface area (Å²) < 4.78 is 9.02. The zero-order valence-electron chi connectivity index (χ0n) is 34.7. The van der Waals surface area contributed by atoms with Gasteiger partial charge in [-0.25, -0.2) is 15.0 Å². The molecule has 0 spiro atoms. The SMILES string of the molecule is Bc1c(B)c(B)c(-c2ccc(-c3ccc(-c4ccc5c(c4)oc4cc(-c6nc(-c7ccccc7)nc(-c7cccc8c7sc7ccccc78)n6)ccc45)cc3)cc2)c(B)c1B. The van der Waals surface area contributed by atoms with Crippen LogP contribution >= 0.6 is 11.3 Å². The highest BCUT2D eigenvalue weighted by Crippen LogP contribution is 2.40. The average Bonchev–Trinajstić information content (AvgIpc) is 3.88. The van der Waals surface area contributed by atoms with E-state index in [0.717, 1.165) is 49.8 Å². The van der Waals surface area contributed by atoms with Crippen molar-refractivity contribution < 1.29 is 4.42 Å². The Balaban J connectivity index is 0.922. The first kappa shape index (κ1) is 37.1. The van der Waals surface area contributed by atoms with Crippen LogP contribution in [0.15, 0.2) is 162 Å². The smallest absolute Gasteiger partial charge is 0.165 e. The summed E-state index contributed by atoms with van der Waals surface area (Å²) in [5.74, 6) is 1.88. The van der Waals surface area contributed by atoms with Crippen LogP contribution in [0, 0.1) is 0 Å². The van der Waals surface area contributed by atoms with Crippen LogP contribution in [0.2, 0.25) is 0 Å². The van der Waals surface area contributed by atoms with Crippen LogP contribution in [0.25, 0.3) is 110 Å². The van der Waals surface area contributed by atoms with Crippen molar-refractivity contribution in [3.63, 3.8) is 0 Å². The molecule has 0 unspecified atom stereocenters. The van der Waals surface area contributed by atoms with Crippen LogP contribution in [-0.4, -0.2) is 54.2 Å². The van der Waals surface area contributed by atoms with Gasteiger partial charge in [-0.1, -0.05) is 132 Å². The van der Waals surface area contributed by atoms with Crippen LogP contribution < -0.4 is 27.3 Å². The van der Waals surface area contributed by atoms with E-state index in [1.165, 1.54) is 69.7 Å². The fraction of sp³-hybridized carbons (Fsp3) is 0. The van der Waals surface area contributed by atoms with E-state index in [0.29, 0.717) is 17.5 Å². The normalized spacial score (nSPS) is 11.6. The molecule has 0 fully saturated rings. The lowest BCUT2D eigenvalue weighted by molar-refractivity contribution is 0.669. The molecule has 0 atom stereocenters. The zero-order chi connectivity index (χ0) is 41.4. The number of hydrogen-bond acceptors (Lipinski definition) is 5. The molecule has 8 aromatic carbocycles. The van der Waals surface area contributed by atoms with E-state index in [9.17, 15) is 0 Å². The van der Waals surface area contributed by atoms with Crippen molar-refractivity contribution in [2.45, 2.75) is 0 Å². The number of thiophene rings is 1. The molecule has 0 amide bonds. The molecule has 0 N–H and O–H groups in total. The van der Waals surface area contributed by atoms with Crippen LogP contribution in [0.1, 0.15) is 0 Å². The minimum Gasteiger partial charge on any atom is -0.456 e. The van der Waals surface area contributed by atoms with Gasteiger partial charge in [0.05, 0.1) is 0 Å². The number of furan rings is 1. The van der Waals surface area contributed by atoms with Gasteiger partial charge < -0.3 is 4.42 Å². The summed E-state index contributed by atoms with van der Waals surface area (Å²) in [7, 11) is 11.2. The molecule has 0 saturated carbocycles. The topological polar surface area (TPSA) is 51.8 Å². The number of rotatable bonds is 6. The highest BCUT2D eigenvalue weighted by Gasteiger charge is 2.18. The number of benzene rings is 8. The van der Waals surface area contributed by atoms with Gasteiger partial charge in [-0.05, 0) is 69.8 Å². The highest BCUT2D eigenvalue weighted by atomic mass is 32.1. The predicted octanol–water partition coefficient (Wildman–Crippen LogP) is 5.43. The van der Waals surface area contributed by atoms with Crippen LogP contribution in [0.3, 0.4) is 0 Å². The van der Waals surface area contributed by atoms with Crippen molar-refractivity contribution in [3.8, 4) is 67.5 Å². The molecule has 11 aromatic rings. The standard InChI is InChI=1S/C51H36B5N3OS/c52-43-42(44(53)46(55)47(56)45(43)54)30-19-17-28(18-20-30)27-13-15-29(16-14-27)32-21-23-34-35-24-22-33(26-40(35)60-39(34)25-32)50-57-49(31-7-2-1-3-8-31)58-51(59-50)38-11-6-10-37-36-9-4-5-12-41(36)61-48(37)38/h1-26H,52-56H2. The second-order valence-electron chi connectivity index (χ2n) is 16.1. The molecule has 0 radical (unpaired) electrons. The minimum absolute atomic E-state index is 0.602. The maximum Gasteiger partial charge on any atom is 0.165 e. The quantitative estimate of drug-likeness (QED) is 0.211. The third kappa shape index (κ3) is 6.33. The summed E-state index contributed by atoms with van der Waals surface area (Å²) >= 11 is 1.78. The Morgan fingerprint density at radius 1 is 0.361 bits per heavy atom. The highest BCUT2D eigenvalue weighted by molar-refractivity contribution is 7.26. The van der Waals surface area contributed by atoms with Crippen LogP contribution in [0.5, 0.6) is 0 Å². The maximum atomic E-state index is 6.61. The molecule has 3 aromatic heterocycles. The van der Waals surface area contributed by atoms with Crippen LogP contribution in [0.4, 0.5) is 0 Å². The minimum atomic E-state index is 0.602. The van der Waals surface area contributed by atoms with Crippen molar-refractivity contribution in [1.29, 1.82) is 0 Å². The Bertz CT molecular complexity index is 3500. The molecule has 4 nitrogen and oxygen atoms in total. The Kier molecular flexibility index (Phi) is 8.94. The zero-order valence-corrected chi connectivity index (χ0v) is 35.5. The number of aromatic nitrogens is 3. The van der Waals surface area contributed by atoms with Gasteiger partial charge in [0.15, 0.2) is 17.5 Å². The maximum absolute atomic E-state index is 6.61. The van der Waals surface area contributed by atoms with Crippen LogP contribution in [-0.2, 0) is 0 Å². The van der Waals surface area contributed by atoms with Gasteiger partial charge in [-0.2, -0.15) is 0 Å². The Labute approximate surface area is 362 Å². The van der Waals surface area contributed by atoms with E-state index in [4.69, 9.17) is 19.4 Å². The molecule has 0 saturated heterocycles.